The van der Waals surface area contributed by atoms with Crippen LogP contribution in [0.3, 0.4) is 0 Å². The van der Waals surface area contributed by atoms with E-state index in [0.29, 0.717) is 31.6 Å². The quantitative estimate of drug-likeness (QED) is 0.355. The first-order valence-electron chi connectivity index (χ1n) is 14.7. The Morgan fingerprint density at radius 3 is 2.24 bits per heavy atom. The first kappa shape index (κ1) is 30.0. The molecule has 0 spiro atoms. The van der Waals surface area contributed by atoms with Crippen molar-refractivity contribution in [3.63, 3.8) is 0 Å². The lowest BCUT2D eigenvalue weighted by Gasteiger charge is -2.69. The number of allylic oxidation sites excluding steroid dienone is 4. The van der Waals surface area contributed by atoms with Gasteiger partial charge in [-0.25, -0.2) is 4.85 Å². The van der Waals surface area contributed by atoms with Crippen molar-refractivity contribution in [2.75, 3.05) is 0 Å². The van der Waals surface area contributed by atoms with Crippen LogP contribution in [-0.2, 0) is 14.4 Å². The van der Waals surface area contributed by atoms with Gasteiger partial charge in [-0.2, -0.15) is 13.2 Å². The fourth-order valence-electron chi connectivity index (χ4n) is 9.58. The number of amides is 1. The van der Waals surface area contributed by atoms with Crippen LogP contribution < -0.4 is 5.32 Å². The Bertz CT molecular complexity index is 1320. The van der Waals surface area contributed by atoms with Crippen molar-refractivity contribution in [2.45, 2.75) is 112 Å². The van der Waals surface area contributed by atoms with Crippen LogP contribution >= 0.6 is 0 Å². The summed E-state index contributed by atoms with van der Waals surface area (Å²) in [5.41, 5.74) is -2.59. The summed E-state index contributed by atoms with van der Waals surface area (Å²) in [6.07, 6.45) is 1.60. The van der Waals surface area contributed by atoms with E-state index in [1.54, 1.807) is 12.2 Å². The minimum atomic E-state index is -4.61. The molecule has 1 amide bonds. The molecule has 5 rings (SSSR count). The monoisotopic (exact) mass is 570 g/mol. The van der Waals surface area contributed by atoms with E-state index in [1.807, 2.05) is 13.8 Å². The van der Waals surface area contributed by atoms with E-state index in [4.69, 9.17) is 6.57 Å². The van der Waals surface area contributed by atoms with Gasteiger partial charge >= 0.3 is 6.18 Å². The standard InChI is InChI=1S/C33H41F3N2O3/c1-27(2)11-13-32(38-24(40)18-33(34,35)36)14-12-31(7)25(19(32)16-27)21(39)15-23-29(5)17-20(37-8)26(41)28(3,4)22(29)9-10-30(23,31)6/h15,17,22H,9-14,16,18H2,1-7H3,(H,38,40)/t22-,29-,30+,31+,32-/m0/s1. The molecule has 0 heterocycles. The second kappa shape index (κ2) is 8.80. The van der Waals surface area contributed by atoms with Gasteiger partial charge in [0, 0.05) is 22.3 Å². The summed E-state index contributed by atoms with van der Waals surface area (Å²) in [4.78, 5) is 43.9. The van der Waals surface area contributed by atoms with Crippen LogP contribution in [-0.4, -0.2) is 29.2 Å². The molecular weight excluding hydrogens is 529 g/mol. The fraction of sp³-hybridized carbons (Fsp3) is 0.697. The number of ketones is 2. The summed E-state index contributed by atoms with van der Waals surface area (Å²) in [6, 6.07) is 0. The molecule has 222 valence electrons. The summed E-state index contributed by atoms with van der Waals surface area (Å²) in [7, 11) is 0. The normalized spacial score (nSPS) is 40.2. The molecule has 8 heteroatoms. The molecule has 0 aliphatic heterocycles. The number of Topliss-reactive ketones (excluding diaryl/α,β-unsaturated/α-hetero) is 1. The SMILES string of the molecule is [C-]#[N+]C1=C[C@]2(C)C3=CC(=O)[C]4[C]5CC(C)(C)CC[C@]5(NC(=O)CC(F)(F)F)CC[C@@]4(C)[C@]3(C)CC[C@H]2C(C)(C)C1=O. The predicted octanol–water partition coefficient (Wildman–Crippen LogP) is 7.30. The number of rotatable bonds is 2. The lowest BCUT2D eigenvalue weighted by molar-refractivity contribution is -0.156. The third-order valence-corrected chi connectivity index (χ3v) is 11.9. The Hall–Kier alpha value is -2.43. The van der Waals surface area contributed by atoms with Crippen LogP contribution in [0.1, 0.15) is 99.8 Å². The molecule has 3 fully saturated rings. The molecule has 0 aromatic carbocycles. The first-order chi connectivity index (χ1) is 18.7. The number of halogens is 3. The van der Waals surface area contributed by atoms with Gasteiger partial charge in [0.15, 0.2) is 11.6 Å². The van der Waals surface area contributed by atoms with Crippen LogP contribution in [0.5, 0.6) is 0 Å². The average molecular weight is 571 g/mol. The summed E-state index contributed by atoms with van der Waals surface area (Å²) in [5, 5.41) is 2.80. The maximum absolute atomic E-state index is 14.4. The van der Waals surface area contributed by atoms with E-state index < -0.39 is 45.7 Å². The third kappa shape index (κ3) is 4.19. The lowest BCUT2D eigenvalue weighted by atomic mass is 9.35. The Morgan fingerprint density at radius 1 is 1.00 bits per heavy atom. The van der Waals surface area contributed by atoms with E-state index in [2.05, 4.69) is 44.8 Å². The van der Waals surface area contributed by atoms with Crippen LogP contribution in [0.15, 0.2) is 23.4 Å². The molecule has 0 aromatic rings. The maximum Gasteiger partial charge on any atom is 0.397 e. The summed E-state index contributed by atoms with van der Waals surface area (Å²) >= 11 is 0. The van der Waals surface area contributed by atoms with Gasteiger partial charge in [-0.3, -0.25) is 9.59 Å². The Kier molecular flexibility index (Phi) is 6.45. The molecule has 5 aliphatic carbocycles. The van der Waals surface area contributed by atoms with Gasteiger partial charge in [0.05, 0.1) is 12.5 Å². The largest absolute Gasteiger partial charge is 0.397 e. The summed E-state index contributed by atoms with van der Waals surface area (Å²) in [6.45, 7) is 22.1. The van der Waals surface area contributed by atoms with Crippen LogP contribution in [0.2, 0.25) is 0 Å². The highest BCUT2D eigenvalue weighted by molar-refractivity contribution is 6.08. The molecule has 1 N–H and O–H groups in total. The van der Waals surface area contributed by atoms with Gasteiger partial charge < -0.3 is 10.1 Å². The zero-order chi connectivity index (χ0) is 30.6. The fourth-order valence-corrected chi connectivity index (χ4v) is 9.58. The number of alkyl halides is 3. The van der Waals surface area contributed by atoms with E-state index in [1.165, 1.54) is 0 Å². The van der Waals surface area contributed by atoms with Crippen molar-refractivity contribution >= 4 is 17.5 Å². The summed E-state index contributed by atoms with van der Waals surface area (Å²) < 4.78 is 39.5. The molecular formula is C33H41F3N2O3. The van der Waals surface area contributed by atoms with E-state index in [-0.39, 0.29) is 28.6 Å². The second-order valence-electron chi connectivity index (χ2n) is 15.3. The number of carbonyl (C=O) groups excluding carboxylic acids is 3. The van der Waals surface area contributed by atoms with E-state index in [0.717, 1.165) is 30.8 Å². The summed E-state index contributed by atoms with van der Waals surface area (Å²) in [5.74, 6) is 0.00781. The second-order valence-corrected chi connectivity index (χ2v) is 15.3. The highest BCUT2D eigenvalue weighted by atomic mass is 19.4. The Morgan fingerprint density at radius 2 is 1.63 bits per heavy atom. The van der Waals surface area contributed by atoms with Crippen LogP contribution in [0.4, 0.5) is 13.2 Å². The van der Waals surface area contributed by atoms with Crippen molar-refractivity contribution in [3.8, 4) is 0 Å². The molecule has 0 saturated heterocycles. The minimum absolute atomic E-state index is 0.0733. The Labute approximate surface area is 241 Å². The van der Waals surface area contributed by atoms with Gasteiger partial charge in [0.2, 0.25) is 11.6 Å². The van der Waals surface area contributed by atoms with Crippen molar-refractivity contribution in [1.82, 2.24) is 5.32 Å². The van der Waals surface area contributed by atoms with Crippen molar-refractivity contribution in [3.05, 3.63) is 46.7 Å². The average Bonchev–Trinajstić information content (AvgIpc) is 2.82. The zero-order valence-electron chi connectivity index (χ0n) is 25.2. The zero-order valence-corrected chi connectivity index (χ0v) is 25.2. The van der Waals surface area contributed by atoms with Gasteiger partial charge in [0.25, 0.3) is 0 Å². The molecule has 0 bridgehead atoms. The topological polar surface area (TPSA) is 67.6 Å². The van der Waals surface area contributed by atoms with Crippen LogP contribution in [0, 0.1) is 51.4 Å². The van der Waals surface area contributed by atoms with Gasteiger partial charge in [-0.05, 0) is 73.2 Å². The third-order valence-electron chi connectivity index (χ3n) is 11.9. The molecule has 5 nitrogen and oxygen atoms in total. The molecule has 5 atom stereocenters. The number of nitrogens with zero attached hydrogens (tertiary/aromatic N) is 1. The number of hydrogen-bond donors (Lipinski definition) is 1. The van der Waals surface area contributed by atoms with Crippen molar-refractivity contribution in [2.24, 2.45) is 33.0 Å². The number of carbonyl (C=O) groups is 3. The molecule has 41 heavy (non-hydrogen) atoms. The van der Waals surface area contributed by atoms with Gasteiger partial charge in [-0.1, -0.05) is 60.1 Å². The number of hydrogen-bond acceptors (Lipinski definition) is 3. The van der Waals surface area contributed by atoms with Crippen molar-refractivity contribution < 1.29 is 27.6 Å². The van der Waals surface area contributed by atoms with Crippen molar-refractivity contribution in [1.29, 1.82) is 0 Å². The minimum Gasteiger partial charge on any atom is -0.350 e. The smallest absolute Gasteiger partial charge is 0.350 e. The van der Waals surface area contributed by atoms with Gasteiger partial charge in [-0.15, -0.1) is 0 Å². The molecule has 3 saturated carbocycles. The number of nitrogens with one attached hydrogen (secondary N) is 1. The highest BCUT2D eigenvalue weighted by Crippen LogP contribution is 2.74. The Balaban J connectivity index is 1.63. The number of fused-ring (bicyclic) bond motifs is 7. The maximum atomic E-state index is 14.4. The molecule has 2 radical (unpaired) electrons. The molecule has 5 aliphatic rings. The first-order valence-corrected chi connectivity index (χ1v) is 14.7. The molecule has 0 unspecified atom stereocenters. The van der Waals surface area contributed by atoms with E-state index >= 15 is 0 Å². The molecule has 0 aromatic heterocycles. The highest BCUT2D eigenvalue weighted by Gasteiger charge is 2.70. The van der Waals surface area contributed by atoms with Gasteiger partial charge in [0.1, 0.15) is 6.42 Å². The van der Waals surface area contributed by atoms with Crippen LogP contribution in [0.25, 0.3) is 4.85 Å². The predicted molar refractivity (Wildman–Crippen MR) is 149 cm³/mol. The van der Waals surface area contributed by atoms with E-state index in [9.17, 15) is 27.6 Å². The lowest BCUT2D eigenvalue weighted by Crippen LogP contribution is -2.68.